The SMILES string of the molecule is CCOC(=O)/C(=C/OC(C)=O)C(O)=C(F)F. The molecular weight excluding hydrogens is 226 g/mol. The second kappa shape index (κ2) is 6.54. The first-order chi connectivity index (χ1) is 7.40. The van der Waals surface area contributed by atoms with Crippen LogP contribution in [-0.2, 0) is 19.1 Å². The zero-order valence-electron chi connectivity index (χ0n) is 8.62. The molecule has 90 valence electrons. The third-order valence-electron chi connectivity index (χ3n) is 1.27. The zero-order chi connectivity index (χ0) is 12.7. The number of halogens is 2. The normalized spacial score (nSPS) is 10.6. The Morgan fingerprint density at radius 2 is 1.94 bits per heavy atom. The lowest BCUT2D eigenvalue weighted by Gasteiger charge is -2.04. The number of rotatable bonds is 4. The van der Waals surface area contributed by atoms with Crippen molar-refractivity contribution >= 4 is 11.9 Å². The fraction of sp³-hybridized carbons (Fsp3) is 0.333. The van der Waals surface area contributed by atoms with Crippen molar-refractivity contribution in [2.45, 2.75) is 13.8 Å². The molecule has 0 fully saturated rings. The largest absolute Gasteiger partial charge is 0.502 e. The van der Waals surface area contributed by atoms with Gasteiger partial charge in [-0.25, -0.2) is 4.79 Å². The molecule has 7 heteroatoms. The molecule has 0 heterocycles. The Morgan fingerprint density at radius 3 is 2.31 bits per heavy atom. The summed E-state index contributed by atoms with van der Waals surface area (Å²) in [6.07, 6.45) is -2.07. The van der Waals surface area contributed by atoms with Crippen LogP contribution in [0.25, 0.3) is 0 Å². The molecule has 0 saturated heterocycles. The van der Waals surface area contributed by atoms with Gasteiger partial charge >= 0.3 is 18.0 Å². The fourth-order valence-corrected chi connectivity index (χ4v) is 0.653. The summed E-state index contributed by atoms with van der Waals surface area (Å²) >= 11 is 0. The minimum Gasteiger partial charge on any atom is -0.502 e. The quantitative estimate of drug-likeness (QED) is 0.348. The Bertz CT molecular complexity index is 342. The molecule has 0 bridgehead atoms. The van der Waals surface area contributed by atoms with Crippen LogP contribution in [0.2, 0.25) is 0 Å². The van der Waals surface area contributed by atoms with Gasteiger partial charge in [0.05, 0.1) is 6.61 Å². The fourth-order valence-electron chi connectivity index (χ4n) is 0.653. The number of hydrogen-bond donors (Lipinski definition) is 1. The number of ether oxygens (including phenoxy) is 2. The predicted octanol–water partition coefficient (Wildman–Crippen LogP) is 1.66. The van der Waals surface area contributed by atoms with Gasteiger partial charge in [0.25, 0.3) is 0 Å². The molecule has 0 unspecified atom stereocenters. The van der Waals surface area contributed by atoms with E-state index >= 15 is 0 Å². The molecule has 1 N–H and O–H groups in total. The Morgan fingerprint density at radius 1 is 1.38 bits per heavy atom. The van der Waals surface area contributed by atoms with E-state index in [-0.39, 0.29) is 6.61 Å². The number of aliphatic hydroxyl groups is 1. The average Bonchev–Trinajstić information content (AvgIpc) is 2.17. The van der Waals surface area contributed by atoms with E-state index in [1.165, 1.54) is 6.92 Å². The first-order valence-corrected chi connectivity index (χ1v) is 4.19. The smallest absolute Gasteiger partial charge is 0.345 e. The second-order valence-corrected chi connectivity index (χ2v) is 2.47. The molecule has 0 aromatic rings. The molecule has 0 aromatic heterocycles. The van der Waals surface area contributed by atoms with Crippen molar-refractivity contribution in [2.24, 2.45) is 0 Å². The summed E-state index contributed by atoms with van der Waals surface area (Å²) in [5.74, 6) is -3.62. The average molecular weight is 236 g/mol. The summed E-state index contributed by atoms with van der Waals surface area (Å²) in [7, 11) is 0. The van der Waals surface area contributed by atoms with Crippen molar-refractivity contribution in [3.63, 3.8) is 0 Å². The zero-order valence-corrected chi connectivity index (χ0v) is 8.62. The lowest BCUT2D eigenvalue weighted by atomic mass is 10.2. The Hall–Kier alpha value is -1.92. The van der Waals surface area contributed by atoms with Gasteiger partial charge in [0, 0.05) is 6.92 Å². The molecule has 0 rings (SSSR count). The van der Waals surface area contributed by atoms with Crippen LogP contribution >= 0.6 is 0 Å². The molecule has 16 heavy (non-hydrogen) atoms. The third-order valence-corrected chi connectivity index (χ3v) is 1.27. The monoisotopic (exact) mass is 236 g/mol. The van der Waals surface area contributed by atoms with Gasteiger partial charge in [-0.05, 0) is 6.92 Å². The van der Waals surface area contributed by atoms with E-state index in [9.17, 15) is 18.4 Å². The van der Waals surface area contributed by atoms with Crippen molar-refractivity contribution in [2.75, 3.05) is 6.61 Å². The van der Waals surface area contributed by atoms with Gasteiger partial charge in [-0.15, -0.1) is 0 Å². The molecule has 0 radical (unpaired) electrons. The van der Waals surface area contributed by atoms with Crippen molar-refractivity contribution in [1.82, 2.24) is 0 Å². The first kappa shape index (κ1) is 14.1. The Labute approximate surface area is 90.0 Å². The van der Waals surface area contributed by atoms with Crippen LogP contribution < -0.4 is 0 Å². The van der Waals surface area contributed by atoms with Gasteiger partial charge in [0.15, 0.2) is 5.76 Å². The molecule has 0 aromatic carbocycles. The van der Waals surface area contributed by atoms with Gasteiger partial charge in [-0.1, -0.05) is 0 Å². The van der Waals surface area contributed by atoms with Crippen molar-refractivity contribution in [3.05, 3.63) is 23.7 Å². The molecule has 0 saturated carbocycles. The van der Waals surface area contributed by atoms with Crippen molar-refractivity contribution in [1.29, 1.82) is 0 Å². The minimum absolute atomic E-state index is 0.0720. The molecule has 0 spiro atoms. The van der Waals surface area contributed by atoms with Gasteiger partial charge in [0.1, 0.15) is 11.8 Å². The highest BCUT2D eigenvalue weighted by molar-refractivity contribution is 5.92. The Kier molecular flexibility index (Phi) is 5.76. The molecule has 0 aliphatic carbocycles. The van der Waals surface area contributed by atoms with E-state index in [2.05, 4.69) is 9.47 Å². The van der Waals surface area contributed by atoms with Crippen LogP contribution in [0.5, 0.6) is 0 Å². The van der Waals surface area contributed by atoms with Crippen LogP contribution in [0.1, 0.15) is 13.8 Å². The topological polar surface area (TPSA) is 72.8 Å². The van der Waals surface area contributed by atoms with E-state index in [0.29, 0.717) is 6.26 Å². The minimum atomic E-state index is -2.48. The summed E-state index contributed by atoms with van der Waals surface area (Å²) in [6, 6.07) is 0. The van der Waals surface area contributed by atoms with E-state index < -0.39 is 29.4 Å². The summed E-state index contributed by atoms with van der Waals surface area (Å²) < 4.78 is 32.7. The van der Waals surface area contributed by atoms with Crippen LogP contribution in [0, 0.1) is 0 Å². The van der Waals surface area contributed by atoms with Gasteiger partial charge in [0.2, 0.25) is 0 Å². The number of aliphatic hydroxyl groups excluding tert-OH is 1. The molecule has 0 aliphatic heterocycles. The van der Waals surface area contributed by atoms with E-state index in [0.717, 1.165) is 6.92 Å². The first-order valence-electron chi connectivity index (χ1n) is 4.19. The van der Waals surface area contributed by atoms with E-state index in [1.54, 1.807) is 0 Å². The lowest BCUT2D eigenvalue weighted by molar-refractivity contribution is -0.139. The summed E-state index contributed by atoms with van der Waals surface area (Å²) in [4.78, 5) is 21.5. The number of carbonyl (C=O) groups excluding carboxylic acids is 2. The number of esters is 2. The maximum absolute atomic E-state index is 12.0. The maximum atomic E-state index is 12.0. The summed E-state index contributed by atoms with van der Waals surface area (Å²) in [5.41, 5.74) is -0.919. The van der Waals surface area contributed by atoms with E-state index in [1.807, 2.05) is 0 Å². The molecular formula is C9H10F2O5. The van der Waals surface area contributed by atoms with Gasteiger partial charge in [-0.3, -0.25) is 4.79 Å². The molecule has 0 amide bonds. The summed E-state index contributed by atoms with van der Waals surface area (Å²) in [6.45, 7) is 2.39. The van der Waals surface area contributed by atoms with Crippen LogP contribution in [0.15, 0.2) is 23.7 Å². The standard InChI is InChI=1S/C9H10F2O5/c1-3-15-9(14)6(4-16-5(2)12)7(13)8(10)11/h4,13H,3H2,1-2H3/b6-4+. The molecule has 5 nitrogen and oxygen atoms in total. The lowest BCUT2D eigenvalue weighted by Crippen LogP contribution is -2.11. The highest BCUT2D eigenvalue weighted by Crippen LogP contribution is 2.16. The third kappa shape index (κ3) is 4.54. The van der Waals surface area contributed by atoms with Crippen molar-refractivity contribution in [3.8, 4) is 0 Å². The summed E-state index contributed by atoms with van der Waals surface area (Å²) in [5, 5.41) is 8.87. The van der Waals surface area contributed by atoms with Gasteiger partial charge in [-0.2, -0.15) is 8.78 Å². The highest BCUT2D eigenvalue weighted by Gasteiger charge is 2.21. The number of carbonyl (C=O) groups is 2. The molecule has 0 atom stereocenters. The maximum Gasteiger partial charge on any atom is 0.345 e. The van der Waals surface area contributed by atoms with Crippen LogP contribution in [-0.4, -0.2) is 23.7 Å². The van der Waals surface area contributed by atoms with Gasteiger partial charge < -0.3 is 14.6 Å². The predicted molar refractivity (Wildman–Crippen MR) is 48.4 cm³/mol. The van der Waals surface area contributed by atoms with Crippen molar-refractivity contribution < 1.29 is 33.0 Å². The Balaban J connectivity index is 5.06. The highest BCUT2D eigenvalue weighted by atomic mass is 19.3. The molecule has 0 aliphatic rings. The van der Waals surface area contributed by atoms with E-state index in [4.69, 9.17) is 5.11 Å². The van der Waals surface area contributed by atoms with Crippen LogP contribution in [0.4, 0.5) is 8.78 Å². The number of hydrogen-bond acceptors (Lipinski definition) is 5. The second-order valence-electron chi connectivity index (χ2n) is 2.47. The van der Waals surface area contributed by atoms with Crippen LogP contribution in [0.3, 0.4) is 0 Å².